The van der Waals surface area contributed by atoms with Crippen LogP contribution in [-0.4, -0.2) is 30.6 Å². The van der Waals surface area contributed by atoms with Crippen molar-refractivity contribution < 1.29 is 0 Å². The average Bonchev–Trinajstić information content (AvgIpc) is 3.17. The lowest BCUT2D eigenvalue weighted by molar-refractivity contribution is 0.655. The maximum absolute atomic E-state index is 4.31. The van der Waals surface area contributed by atoms with E-state index in [2.05, 4.69) is 33.6 Å². The SMILES string of the molecule is CCCC1CC1NC(=NC)NCCc1ccccn1. The van der Waals surface area contributed by atoms with Crippen LogP contribution in [0.3, 0.4) is 0 Å². The summed E-state index contributed by atoms with van der Waals surface area (Å²) >= 11 is 0. The summed E-state index contributed by atoms with van der Waals surface area (Å²) in [6.45, 7) is 3.11. The van der Waals surface area contributed by atoms with Crippen LogP contribution in [0.15, 0.2) is 29.4 Å². The van der Waals surface area contributed by atoms with Crippen LogP contribution in [0.1, 0.15) is 31.9 Å². The van der Waals surface area contributed by atoms with Crippen molar-refractivity contribution >= 4 is 5.96 Å². The molecule has 19 heavy (non-hydrogen) atoms. The average molecular weight is 260 g/mol. The van der Waals surface area contributed by atoms with Gasteiger partial charge in [0, 0.05) is 37.9 Å². The van der Waals surface area contributed by atoms with Gasteiger partial charge in [0.1, 0.15) is 0 Å². The standard InChI is InChI=1S/C15H24N4/c1-3-6-12-11-14(12)19-15(16-2)18-10-8-13-7-4-5-9-17-13/h4-5,7,9,12,14H,3,6,8,10-11H2,1-2H3,(H2,16,18,19). The van der Waals surface area contributed by atoms with Gasteiger partial charge in [0.05, 0.1) is 0 Å². The Morgan fingerprint density at radius 2 is 2.37 bits per heavy atom. The minimum Gasteiger partial charge on any atom is -0.356 e. The quantitative estimate of drug-likeness (QED) is 0.607. The van der Waals surface area contributed by atoms with Gasteiger partial charge in [0.2, 0.25) is 0 Å². The van der Waals surface area contributed by atoms with E-state index in [0.29, 0.717) is 6.04 Å². The molecule has 0 radical (unpaired) electrons. The van der Waals surface area contributed by atoms with Gasteiger partial charge in [0.25, 0.3) is 0 Å². The van der Waals surface area contributed by atoms with Crippen LogP contribution >= 0.6 is 0 Å². The number of rotatable bonds is 6. The number of nitrogens with zero attached hydrogens (tertiary/aromatic N) is 2. The molecule has 1 aromatic rings. The first-order valence-corrected chi connectivity index (χ1v) is 7.20. The van der Waals surface area contributed by atoms with E-state index in [4.69, 9.17) is 0 Å². The molecule has 4 nitrogen and oxygen atoms in total. The summed E-state index contributed by atoms with van der Waals surface area (Å²) in [4.78, 5) is 8.58. The second-order valence-corrected chi connectivity index (χ2v) is 5.11. The molecule has 0 aromatic carbocycles. The third kappa shape index (κ3) is 4.54. The van der Waals surface area contributed by atoms with Gasteiger partial charge in [-0.1, -0.05) is 19.4 Å². The molecule has 0 amide bonds. The molecule has 1 aliphatic rings. The van der Waals surface area contributed by atoms with E-state index >= 15 is 0 Å². The fourth-order valence-electron chi connectivity index (χ4n) is 2.34. The van der Waals surface area contributed by atoms with Crippen LogP contribution in [0.5, 0.6) is 0 Å². The van der Waals surface area contributed by atoms with E-state index in [1.54, 1.807) is 0 Å². The minimum atomic E-state index is 0.626. The summed E-state index contributed by atoms with van der Waals surface area (Å²) < 4.78 is 0. The van der Waals surface area contributed by atoms with Crippen molar-refractivity contribution in [3.05, 3.63) is 30.1 Å². The smallest absolute Gasteiger partial charge is 0.191 e. The first-order chi connectivity index (χ1) is 9.33. The topological polar surface area (TPSA) is 49.3 Å². The number of aliphatic imine (C=N–C) groups is 1. The third-order valence-electron chi connectivity index (χ3n) is 3.53. The van der Waals surface area contributed by atoms with Gasteiger partial charge in [0.15, 0.2) is 5.96 Å². The molecule has 0 bridgehead atoms. The number of guanidine groups is 1. The lowest BCUT2D eigenvalue weighted by atomic mass is 10.2. The zero-order chi connectivity index (χ0) is 13.5. The molecule has 104 valence electrons. The van der Waals surface area contributed by atoms with Crippen LogP contribution in [0, 0.1) is 5.92 Å². The van der Waals surface area contributed by atoms with Crippen molar-refractivity contribution in [3.63, 3.8) is 0 Å². The zero-order valence-corrected chi connectivity index (χ0v) is 11.9. The monoisotopic (exact) mass is 260 g/mol. The zero-order valence-electron chi connectivity index (χ0n) is 11.9. The summed E-state index contributed by atoms with van der Waals surface area (Å²) in [5.41, 5.74) is 1.11. The molecule has 1 fully saturated rings. The van der Waals surface area contributed by atoms with E-state index in [0.717, 1.165) is 30.5 Å². The number of nitrogens with one attached hydrogen (secondary N) is 2. The molecule has 1 heterocycles. The molecular weight excluding hydrogens is 236 g/mol. The minimum absolute atomic E-state index is 0.626. The number of aromatic nitrogens is 1. The third-order valence-corrected chi connectivity index (χ3v) is 3.53. The highest BCUT2D eigenvalue weighted by Crippen LogP contribution is 2.34. The van der Waals surface area contributed by atoms with E-state index in [1.807, 2.05) is 25.4 Å². The van der Waals surface area contributed by atoms with Crippen molar-refractivity contribution in [1.82, 2.24) is 15.6 Å². The Morgan fingerprint density at radius 3 is 3.05 bits per heavy atom. The van der Waals surface area contributed by atoms with E-state index in [-0.39, 0.29) is 0 Å². The first-order valence-electron chi connectivity index (χ1n) is 7.20. The predicted molar refractivity (Wildman–Crippen MR) is 79.2 cm³/mol. The molecular formula is C15H24N4. The Bertz CT molecular complexity index is 402. The lowest BCUT2D eigenvalue weighted by Crippen LogP contribution is -2.40. The molecule has 4 heteroatoms. The van der Waals surface area contributed by atoms with Gasteiger partial charge in [-0.15, -0.1) is 0 Å². The summed E-state index contributed by atoms with van der Waals surface area (Å²) in [6.07, 6.45) is 6.64. The molecule has 0 aliphatic heterocycles. The maximum atomic E-state index is 4.31. The van der Waals surface area contributed by atoms with E-state index in [9.17, 15) is 0 Å². The molecule has 0 saturated heterocycles. The Kier molecular flexibility index (Phi) is 5.19. The molecule has 1 saturated carbocycles. The molecule has 1 aliphatic carbocycles. The number of hydrogen-bond donors (Lipinski definition) is 2. The highest BCUT2D eigenvalue weighted by Gasteiger charge is 2.36. The highest BCUT2D eigenvalue weighted by atomic mass is 15.2. The van der Waals surface area contributed by atoms with Crippen molar-refractivity contribution in [1.29, 1.82) is 0 Å². The number of hydrogen-bond acceptors (Lipinski definition) is 2. The molecule has 2 rings (SSSR count). The summed E-state index contributed by atoms with van der Waals surface area (Å²) in [6, 6.07) is 6.64. The van der Waals surface area contributed by atoms with Crippen LogP contribution in [-0.2, 0) is 6.42 Å². The van der Waals surface area contributed by atoms with Crippen LogP contribution in [0.25, 0.3) is 0 Å². The van der Waals surface area contributed by atoms with Crippen LogP contribution in [0.2, 0.25) is 0 Å². The van der Waals surface area contributed by atoms with Crippen molar-refractivity contribution in [2.45, 2.75) is 38.6 Å². The van der Waals surface area contributed by atoms with Crippen molar-refractivity contribution in [2.24, 2.45) is 10.9 Å². The molecule has 0 spiro atoms. The van der Waals surface area contributed by atoms with E-state index < -0.39 is 0 Å². The molecule has 2 atom stereocenters. The Balaban J connectivity index is 1.66. The van der Waals surface area contributed by atoms with Gasteiger partial charge in [-0.3, -0.25) is 9.98 Å². The summed E-state index contributed by atoms with van der Waals surface area (Å²) in [5.74, 6) is 1.76. The lowest BCUT2D eigenvalue weighted by Gasteiger charge is -2.11. The Morgan fingerprint density at radius 1 is 1.47 bits per heavy atom. The fraction of sp³-hybridized carbons (Fsp3) is 0.600. The van der Waals surface area contributed by atoms with Gasteiger partial charge < -0.3 is 10.6 Å². The normalized spacial score (nSPS) is 22.1. The largest absolute Gasteiger partial charge is 0.356 e. The maximum Gasteiger partial charge on any atom is 0.191 e. The van der Waals surface area contributed by atoms with Gasteiger partial charge in [-0.25, -0.2) is 0 Å². The predicted octanol–water partition coefficient (Wildman–Crippen LogP) is 1.98. The summed E-state index contributed by atoms with van der Waals surface area (Å²) in [5, 5.41) is 6.83. The number of pyridine rings is 1. The van der Waals surface area contributed by atoms with Crippen molar-refractivity contribution in [2.75, 3.05) is 13.6 Å². The Labute approximate surface area is 115 Å². The van der Waals surface area contributed by atoms with Gasteiger partial charge in [-0.05, 0) is 30.9 Å². The fourth-order valence-corrected chi connectivity index (χ4v) is 2.34. The second kappa shape index (κ2) is 7.12. The molecule has 2 unspecified atom stereocenters. The van der Waals surface area contributed by atoms with Crippen LogP contribution in [0.4, 0.5) is 0 Å². The molecule has 1 aromatic heterocycles. The van der Waals surface area contributed by atoms with Crippen LogP contribution < -0.4 is 10.6 Å². The molecule has 2 N–H and O–H groups in total. The van der Waals surface area contributed by atoms with Crippen molar-refractivity contribution in [3.8, 4) is 0 Å². The second-order valence-electron chi connectivity index (χ2n) is 5.11. The van der Waals surface area contributed by atoms with Gasteiger partial charge >= 0.3 is 0 Å². The summed E-state index contributed by atoms with van der Waals surface area (Å²) in [7, 11) is 1.83. The van der Waals surface area contributed by atoms with E-state index in [1.165, 1.54) is 19.3 Å². The first kappa shape index (κ1) is 13.8. The Hall–Kier alpha value is -1.58. The highest BCUT2D eigenvalue weighted by molar-refractivity contribution is 5.80. The van der Waals surface area contributed by atoms with Gasteiger partial charge in [-0.2, -0.15) is 0 Å².